The van der Waals surface area contributed by atoms with Gasteiger partial charge in [-0.1, -0.05) is 12.1 Å². The van der Waals surface area contributed by atoms with Crippen LogP contribution in [0.2, 0.25) is 0 Å². The number of benzene rings is 1. The van der Waals surface area contributed by atoms with E-state index in [0.717, 1.165) is 19.5 Å². The first-order valence-electron chi connectivity index (χ1n) is 8.90. The molecular weight excluding hydrogens is 323 g/mol. The number of halogens is 1. The summed E-state index contributed by atoms with van der Waals surface area (Å²) >= 11 is 0. The van der Waals surface area contributed by atoms with Gasteiger partial charge in [0.2, 0.25) is 0 Å². The van der Waals surface area contributed by atoms with Gasteiger partial charge >= 0.3 is 0 Å². The molecule has 3 rings (SSSR count). The number of carbonyl (C=O) groups excluding carboxylic acids is 2. The molecule has 2 fully saturated rings. The van der Waals surface area contributed by atoms with E-state index in [1.807, 2.05) is 0 Å². The summed E-state index contributed by atoms with van der Waals surface area (Å²) in [6.45, 7) is 5.76. The average molecular weight is 348 g/mol. The van der Waals surface area contributed by atoms with Crippen molar-refractivity contribution in [2.45, 2.75) is 45.0 Å². The molecule has 2 heterocycles. The lowest BCUT2D eigenvalue weighted by Gasteiger charge is -2.44. The lowest BCUT2D eigenvalue weighted by Crippen LogP contribution is -2.58. The number of hydrogen-bond acceptors (Lipinski definition) is 4. The van der Waals surface area contributed by atoms with Crippen LogP contribution in [0.1, 0.15) is 37.0 Å². The van der Waals surface area contributed by atoms with E-state index in [1.54, 1.807) is 36.1 Å². The Morgan fingerprint density at radius 1 is 1.28 bits per heavy atom. The van der Waals surface area contributed by atoms with Gasteiger partial charge in [0.25, 0.3) is 5.91 Å². The Balaban J connectivity index is 1.57. The molecule has 1 aromatic rings. The molecule has 2 saturated heterocycles. The Morgan fingerprint density at radius 3 is 2.64 bits per heavy atom. The van der Waals surface area contributed by atoms with Crippen molar-refractivity contribution in [1.82, 2.24) is 9.80 Å². The zero-order valence-electron chi connectivity index (χ0n) is 14.8. The molecule has 0 saturated carbocycles. The number of ether oxygens (including phenoxy) is 1. The summed E-state index contributed by atoms with van der Waals surface area (Å²) in [5.74, 6) is 0.205. The third-order valence-corrected chi connectivity index (χ3v) is 5.08. The highest BCUT2D eigenvalue weighted by molar-refractivity contribution is 5.94. The molecule has 0 bridgehead atoms. The van der Waals surface area contributed by atoms with E-state index in [2.05, 4.69) is 4.90 Å². The molecule has 0 N–H and O–H groups in total. The van der Waals surface area contributed by atoms with Gasteiger partial charge < -0.3 is 9.64 Å². The molecule has 136 valence electrons. The quantitative estimate of drug-likeness (QED) is 0.766. The molecule has 2 aliphatic heterocycles. The van der Waals surface area contributed by atoms with Crippen molar-refractivity contribution in [3.8, 4) is 5.75 Å². The predicted molar refractivity (Wildman–Crippen MR) is 92.6 cm³/mol. The lowest BCUT2D eigenvalue weighted by molar-refractivity contribution is -0.141. The largest absolute Gasteiger partial charge is 0.481 e. The summed E-state index contributed by atoms with van der Waals surface area (Å²) in [4.78, 5) is 27.7. The van der Waals surface area contributed by atoms with Crippen molar-refractivity contribution in [2.24, 2.45) is 0 Å². The molecule has 3 unspecified atom stereocenters. The molecule has 0 radical (unpaired) electrons. The molecule has 1 aromatic carbocycles. The monoisotopic (exact) mass is 348 g/mol. The first kappa shape index (κ1) is 17.9. The van der Waals surface area contributed by atoms with E-state index >= 15 is 0 Å². The molecular formula is C19H25FN2O3. The van der Waals surface area contributed by atoms with Crippen LogP contribution < -0.4 is 4.74 Å². The molecule has 0 spiro atoms. The number of alkyl halides is 1. The fraction of sp³-hybridized carbons (Fsp3) is 0.579. The number of amides is 1. The zero-order valence-corrected chi connectivity index (χ0v) is 14.8. The van der Waals surface area contributed by atoms with E-state index in [9.17, 15) is 14.0 Å². The number of rotatable bonds is 5. The van der Waals surface area contributed by atoms with Crippen LogP contribution in [0.15, 0.2) is 24.3 Å². The van der Waals surface area contributed by atoms with Crippen LogP contribution >= 0.6 is 0 Å². The van der Waals surface area contributed by atoms with Crippen LogP contribution in [0.4, 0.5) is 4.39 Å². The SMILES string of the molecule is CC(=O)c1cccc(OC(C)C(=O)N2CCC(N3CCC3)C(F)C2)c1. The van der Waals surface area contributed by atoms with Crippen LogP contribution in [0.5, 0.6) is 5.75 Å². The average Bonchev–Trinajstić information content (AvgIpc) is 2.54. The van der Waals surface area contributed by atoms with Gasteiger partial charge in [0.05, 0.1) is 6.54 Å². The molecule has 3 atom stereocenters. The van der Waals surface area contributed by atoms with Gasteiger partial charge in [0.15, 0.2) is 11.9 Å². The summed E-state index contributed by atoms with van der Waals surface area (Å²) in [5.41, 5.74) is 0.538. The van der Waals surface area contributed by atoms with Crippen LogP contribution in [-0.2, 0) is 4.79 Å². The number of likely N-dealkylation sites (tertiary alicyclic amines) is 2. The summed E-state index contributed by atoms with van der Waals surface area (Å²) in [6.07, 6.45) is 0.0800. The zero-order chi connectivity index (χ0) is 18.0. The van der Waals surface area contributed by atoms with Crippen LogP contribution in [-0.4, -0.2) is 66.0 Å². The number of hydrogen-bond donors (Lipinski definition) is 0. The van der Waals surface area contributed by atoms with Crippen LogP contribution in [0.3, 0.4) is 0 Å². The highest BCUT2D eigenvalue weighted by atomic mass is 19.1. The van der Waals surface area contributed by atoms with Crippen LogP contribution in [0, 0.1) is 0 Å². The Kier molecular flexibility index (Phi) is 5.37. The highest BCUT2D eigenvalue weighted by Crippen LogP contribution is 2.25. The second kappa shape index (κ2) is 7.52. The smallest absolute Gasteiger partial charge is 0.263 e. The molecule has 6 heteroatoms. The summed E-state index contributed by atoms with van der Waals surface area (Å²) in [5, 5.41) is 0. The summed E-state index contributed by atoms with van der Waals surface area (Å²) in [6, 6.07) is 6.71. The number of piperidine rings is 1. The minimum atomic E-state index is -1.01. The second-order valence-corrected chi connectivity index (χ2v) is 6.89. The molecule has 2 aliphatic rings. The number of Topliss-reactive ketones (excluding diaryl/α,β-unsaturated/α-hetero) is 1. The van der Waals surface area contributed by atoms with Crippen molar-refractivity contribution in [1.29, 1.82) is 0 Å². The summed E-state index contributed by atoms with van der Waals surface area (Å²) < 4.78 is 20.1. The predicted octanol–water partition coefficient (Wildman–Crippen LogP) is 2.30. The van der Waals surface area contributed by atoms with Gasteiger partial charge in [-0.2, -0.15) is 0 Å². The summed E-state index contributed by atoms with van der Waals surface area (Å²) in [7, 11) is 0. The Labute approximate surface area is 147 Å². The fourth-order valence-corrected chi connectivity index (χ4v) is 3.48. The van der Waals surface area contributed by atoms with Crippen molar-refractivity contribution in [2.75, 3.05) is 26.2 Å². The maximum atomic E-state index is 14.4. The minimum Gasteiger partial charge on any atom is -0.481 e. The molecule has 0 aliphatic carbocycles. The highest BCUT2D eigenvalue weighted by Gasteiger charge is 2.38. The Bertz CT molecular complexity index is 647. The third kappa shape index (κ3) is 4.00. The fourth-order valence-electron chi connectivity index (χ4n) is 3.48. The van der Waals surface area contributed by atoms with Crippen LogP contribution in [0.25, 0.3) is 0 Å². The van der Waals surface area contributed by atoms with Gasteiger partial charge in [0, 0.05) is 18.2 Å². The molecule has 5 nitrogen and oxygen atoms in total. The number of carbonyl (C=O) groups is 2. The lowest BCUT2D eigenvalue weighted by atomic mass is 9.97. The second-order valence-electron chi connectivity index (χ2n) is 6.89. The van der Waals surface area contributed by atoms with Gasteiger partial charge in [0.1, 0.15) is 11.9 Å². The number of nitrogens with zero attached hydrogens (tertiary/aromatic N) is 2. The maximum absolute atomic E-state index is 14.4. The van der Waals surface area contributed by atoms with E-state index in [0.29, 0.717) is 24.3 Å². The van der Waals surface area contributed by atoms with Gasteiger partial charge in [-0.25, -0.2) is 4.39 Å². The van der Waals surface area contributed by atoms with E-state index in [-0.39, 0.29) is 24.3 Å². The maximum Gasteiger partial charge on any atom is 0.263 e. The van der Waals surface area contributed by atoms with Gasteiger partial charge in [-0.15, -0.1) is 0 Å². The third-order valence-electron chi connectivity index (χ3n) is 5.08. The van der Waals surface area contributed by atoms with E-state index in [1.165, 1.54) is 6.92 Å². The Morgan fingerprint density at radius 2 is 2.04 bits per heavy atom. The first-order chi connectivity index (χ1) is 12.0. The molecule has 25 heavy (non-hydrogen) atoms. The van der Waals surface area contributed by atoms with E-state index in [4.69, 9.17) is 4.74 Å². The molecule has 1 amide bonds. The van der Waals surface area contributed by atoms with E-state index < -0.39 is 12.3 Å². The Hall–Kier alpha value is -1.95. The van der Waals surface area contributed by atoms with Crippen molar-refractivity contribution >= 4 is 11.7 Å². The number of ketones is 1. The normalized spacial score (nSPS) is 25.2. The molecule has 0 aromatic heterocycles. The van der Waals surface area contributed by atoms with Gasteiger partial charge in [-0.05, 0) is 51.9 Å². The van der Waals surface area contributed by atoms with Crippen molar-refractivity contribution < 1.29 is 18.7 Å². The van der Waals surface area contributed by atoms with Crippen molar-refractivity contribution in [3.05, 3.63) is 29.8 Å². The van der Waals surface area contributed by atoms with Crippen molar-refractivity contribution in [3.63, 3.8) is 0 Å². The first-order valence-corrected chi connectivity index (χ1v) is 8.90. The topological polar surface area (TPSA) is 49.9 Å². The standard InChI is InChI=1S/C19H25FN2O3/c1-13(23)15-5-3-6-16(11-15)25-14(2)19(24)22-10-7-18(17(20)12-22)21-8-4-9-21/h3,5-6,11,14,17-18H,4,7-10,12H2,1-2H3. The minimum absolute atomic E-state index is 0.0544. The van der Waals surface area contributed by atoms with Gasteiger partial charge in [-0.3, -0.25) is 14.5 Å².